The van der Waals surface area contributed by atoms with E-state index in [2.05, 4.69) is 15.4 Å². The molecule has 9 nitrogen and oxygen atoms in total. The van der Waals surface area contributed by atoms with Gasteiger partial charge in [-0.3, -0.25) is 4.79 Å². The van der Waals surface area contributed by atoms with Gasteiger partial charge in [-0.1, -0.05) is 19.9 Å². The van der Waals surface area contributed by atoms with Crippen molar-refractivity contribution < 1.29 is 27.5 Å². The fourth-order valence-electron chi connectivity index (χ4n) is 3.02. The molecule has 1 heterocycles. The molecule has 10 heteroatoms. The Bertz CT molecular complexity index is 834. The van der Waals surface area contributed by atoms with E-state index in [4.69, 9.17) is 4.74 Å². The van der Waals surface area contributed by atoms with Gasteiger partial charge < -0.3 is 20.1 Å². The van der Waals surface area contributed by atoms with E-state index in [1.807, 2.05) is 13.8 Å². The van der Waals surface area contributed by atoms with E-state index in [0.29, 0.717) is 30.9 Å². The number of sulfonamides is 1. The van der Waals surface area contributed by atoms with Crippen LogP contribution in [-0.4, -0.2) is 64.2 Å². The van der Waals surface area contributed by atoms with Crippen molar-refractivity contribution in [2.24, 2.45) is 5.92 Å². The van der Waals surface area contributed by atoms with Gasteiger partial charge in [0.25, 0.3) is 0 Å². The number of morpholine rings is 1. The summed E-state index contributed by atoms with van der Waals surface area (Å²) in [4.78, 5) is 24.4. The van der Waals surface area contributed by atoms with Crippen molar-refractivity contribution in [3.63, 3.8) is 0 Å². The zero-order valence-corrected chi connectivity index (χ0v) is 18.0. The first kappa shape index (κ1) is 23.1. The molecule has 2 N–H and O–H groups in total. The minimum atomic E-state index is -3.70. The van der Waals surface area contributed by atoms with Crippen LogP contribution in [0.4, 0.5) is 10.5 Å². The summed E-state index contributed by atoms with van der Waals surface area (Å²) >= 11 is 0. The molecule has 0 aromatic heterocycles. The molecule has 0 saturated carbocycles. The lowest BCUT2D eigenvalue weighted by atomic mass is 10.0. The lowest BCUT2D eigenvalue weighted by molar-refractivity contribution is -0.118. The van der Waals surface area contributed by atoms with Crippen LogP contribution in [0.15, 0.2) is 23.1 Å². The van der Waals surface area contributed by atoms with Crippen LogP contribution in [-0.2, 0) is 24.3 Å². The van der Waals surface area contributed by atoms with E-state index < -0.39 is 28.1 Å². The number of rotatable bonds is 7. The topological polar surface area (TPSA) is 114 Å². The molecule has 162 valence electrons. The molecule has 2 rings (SSSR count). The highest BCUT2D eigenvalue weighted by molar-refractivity contribution is 7.89. The van der Waals surface area contributed by atoms with Crippen LogP contribution in [0.3, 0.4) is 0 Å². The number of carbonyl (C=O) groups excluding carboxylic acids is 2. The Balaban J connectivity index is 2.23. The highest BCUT2D eigenvalue weighted by Crippen LogP contribution is 2.24. The van der Waals surface area contributed by atoms with E-state index in [9.17, 15) is 18.0 Å². The highest BCUT2D eigenvalue weighted by Gasteiger charge is 2.28. The van der Waals surface area contributed by atoms with Crippen molar-refractivity contribution >= 4 is 27.7 Å². The number of benzene rings is 1. The lowest BCUT2D eigenvalue weighted by Crippen LogP contribution is -2.44. The van der Waals surface area contributed by atoms with E-state index in [1.165, 1.54) is 17.5 Å². The van der Waals surface area contributed by atoms with Gasteiger partial charge in [0.1, 0.15) is 6.04 Å². The quantitative estimate of drug-likeness (QED) is 0.685. The van der Waals surface area contributed by atoms with Gasteiger partial charge in [0.2, 0.25) is 15.9 Å². The van der Waals surface area contributed by atoms with E-state index in [0.717, 1.165) is 0 Å². The summed E-state index contributed by atoms with van der Waals surface area (Å²) in [7, 11) is -2.48. The summed E-state index contributed by atoms with van der Waals surface area (Å²) in [6.07, 6.45) is -0.295. The molecule has 0 bridgehead atoms. The first-order valence-corrected chi connectivity index (χ1v) is 10.9. The third kappa shape index (κ3) is 6.15. The van der Waals surface area contributed by atoms with Crippen LogP contribution >= 0.6 is 0 Å². The molecule has 1 aliphatic heterocycles. The van der Waals surface area contributed by atoms with Gasteiger partial charge in [0.15, 0.2) is 0 Å². The maximum absolute atomic E-state index is 13.0. The van der Waals surface area contributed by atoms with Crippen molar-refractivity contribution in [2.75, 3.05) is 38.7 Å². The monoisotopic (exact) mass is 427 g/mol. The molecule has 29 heavy (non-hydrogen) atoms. The second kappa shape index (κ2) is 10.0. The van der Waals surface area contributed by atoms with E-state index in [-0.39, 0.29) is 23.9 Å². The van der Waals surface area contributed by atoms with Crippen LogP contribution in [0.1, 0.15) is 25.8 Å². The van der Waals surface area contributed by atoms with Gasteiger partial charge in [-0.05, 0) is 37.0 Å². The predicted molar refractivity (Wildman–Crippen MR) is 108 cm³/mol. The molecule has 1 fully saturated rings. The van der Waals surface area contributed by atoms with Crippen molar-refractivity contribution in [3.05, 3.63) is 23.8 Å². The number of anilines is 1. The summed E-state index contributed by atoms with van der Waals surface area (Å²) in [6, 6.07) is 3.93. The number of alkyl carbamates (subject to hydrolysis) is 1. The van der Waals surface area contributed by atoms with Gasteiger partial charge in [-0.2, -0.15) is 4.31 Å². The maximum Gasteiger partial charge on any atom is 0.407 e. The number of aryl methyl sites for hydroxylation is 1. The molecule has 1 aromatic rings. The average Bonchev–Trinajstić information content (AvgIpc) is 2.69. The molecule has 0 aliphatic carbocycles. The van der Waals surface area contributed by atoms with E-state index >= 15 is 0 Å². The Morgan fingerprint density at radius 3 is 2.48 bits per heavy atom. The fourth-order valence-corrected chi connectivity index (χ4v) is 4.67. The number of ether oxygens (including phenoxy) is 2. The molecule has 0 spiro atoms. The minimum Gasteiger partial charge on any atom is -0.453 e. The number of hydrogen-bond donors (Lipinski definition) is 2. The zero-order chi connectivity index (χ0) is 21.6. The van der Waals surface area contributed by atoms with Gasteiger partial charge in [0.05, 0.1) is 25.2 Å². The second-order valence-corrected chi connectivity index (χ2v) is 9.21. The highest BCUT2D eigenvalue weighted by atomic mass is 32.2. The predicted octanol–water partition coefficient (Wildman–Crippen LogP) is 1.73. The molecule has 1 aliphatic rings. The van der Waals surface area contributed by atoms with E-state index in [1.54, 1.807) is 19.1 Å². The SMILES string of the molecule is COC(=O)NC(CC(C)C)C(=O)Nc1ccc(C)c(S(=O)(=O)N2CCOCC2)c1. The first-order valence-electron chi connectivity index (χ1n) is 9.49. The second-order valence-electron chi connectivity index (χ2n) is 7.30. The Kier molecular flexibility index (Phi) is 8.00. The smallest absolute Gasteiger partial charge is 0.407 e. The van der Waals surface area contributed by atoms with Crippen LogP contribution in [0.5, 0.6) is 0 Å². The number of methoxy groups -OCH3 is 1. The summed E-state index contributed by atoms with van der Waals surface area (Å²) < 4.78 is 37.2. The van der Waals surface area contributed by atoms with Crippen molar-refractivity contribution in [3.8, 4) is 0 Å². The summed E-state index contributed by atoms with van der Waals surface area (Å²) in [6.45, 7) is 6.85. The molecule has 1 aromatic carbocycles. The third-order valence-corrected chi connectivity index (χ3v) is 6.59. The van der Waals surface area contributed by atoms with Crippen molar-refractivity contribution in [1.82, 2.24) is 9.62 Å². The average molecular weight is 428 g/mol. The van der Waals surface area contributed by atoms with Crippen LogP contribution in [0.2, 0.25) is 0 Å². The summed E-state index contributed by atoms with van der Waals surface area (Å²) in [5.74, 6) is -0.291. The van der Waals surface area contributed by atoms with Gasteiger partial charge in [-0.25, -0.2) is 13.2 Å². The summed E-state index contributed by atoms with van der Waals surface area (Å²) in [5, 5.41) is 5.22. The molecule has 0 radical (unpaired) electrons. The van der Waals surface area contributed by atoms with Gasteiger partial charge in [0, 0.05) is 18.8 Å². The number of hydrogen-bond acceptors (Lipinski definition) is 6. The molecule has 1 unspecified atom stereocenters. The molecular formula is C19H29N3O6S. The summed E-state index contributed by atoms with van der Waals surface area (Å²) in [5.41, 5.74) is 0.925. The van der Waals surface area contributed by atoms with Crippen LogP contribution < -0.4 is 10.6 Å². The van der Waals surface area contributed by atoms with Crippen LogP contribution in [0.25, 0.3) is 0 Å². The molecule has 2 amide bonds. The molecule has 1 saturated heterocycles. The van der Waals surface area contributed by atoms with Crippen molar-refractivity contribution in [2.45, 2.75) is 38.1 Å². The molecular weight excluding hydrogens is 398 g/mol. The van der Waals surface area contributed by atoms with Gasteiger partial charge >= 0.3 is 6.09 Å². The Labute approximate surface area is 171 Å². The largest absolute Gasteiger partial charge is 0.453 e. The minimum absolute atomic E-state index is 0.138. The normalized spacial score (nSPS) is 16.3. The first-order chi connectivity index (χ1) is 13.6. The Morgan fingerprint density at radius 2 is 1.90 bits per heavy atom. The third-order valence-electron chi connectivity index (χ3n) is 4.54. The standard InChI is InChI=1S/C19H29N3O6S/c1-13(2)11-16(21-19(24)27-4)18(23)20-15-6-5-14(3)17(12-15)29(25,26)22-7-9-28-10-8-22/h5-6,12-13,16H,7-11H2,1-4H3,(H,20,23)(H,21,24). The number of amides is 2. The number of carbonyl (C=O) groups is 2. The Hall–Kier alpha value is -2.17. The van der Waals surface area contributed by atoms with Crippen molar-refractivity contribution in [1.29, 1.82) is 0 Å². The number of nitrogens with zero attached hydrogens (tertiary/aromatic N) is 1. The zero-order valence-electron chi connectivity index (χ0n) is 17.2. The molecule has 1 atom stereocenters. The Morgan fingerprint density at radius 1 is 1.24 bits per heavy atom. The fraction of sp³-hybridized carbons (Fsp3) is 0.579. The lowest BCUT2D eigenvalue weighted by Gasteiger charge is -2.27. The van der Waals surface area contributed by atoms with Gasteiger partial charge in [-0.15, -0.1) is 0 Å². The van der Waals surface area contributed by atoms with Crippen LogP contribution in [0, 0.1) is 12.8 Å². The number of nitrogens with one attached hydrogen (secondary N) is 2. The maximum atomic E-state index is 13.0.